The highest BCUT2D eigenvalue weighted by molar-refractivity contribution is 7.91. The molecule has 28 heavy (non-hydrogen) atoms. The molecule has 10 heteroatoms. The number of esters is 1. The SMILES string of the molecule is COC(=O)c1cc(NC(=O)C2CCN(S(=O)(=O)c3cccs3)CC2)ccc1Cl. The molecular weight excluding hydrogens is 424 g/mol. The third-order valence-corrected chi connectivity index (χ3v) is 8.15. The Labute approximate surface area is 172 Å². The summed E-state index contributed by atoms with van der Waals surface area (Å²) in [5.41, 5.74) is 0.599. The Kier molecular flexibility index (Phi) is 6.39. The first-order chi connectivity index (χ1) is 13.3. The Bertz CT molecular complexity index is 968. The molecule has 1 fully saturated rings. The number of amides is 1. The molecule has 0 bridgehead atoms. The van der Waals surface area contributed by atoms with Crippen LogP contribution >= 0.6 is 22.9 Å². The number of methoxy groups -OCH3 is 1. The fourth-order valence-corrected chi connectivity index (χ4v) is 5.82. The molecule has 0 aliphatic carbocycles. The quantitative estimate of drug-likeness (QED) is 0.717. The lowest BCUT2D eigenvalue weighted by molar-refractivity contribution is -0.120. The van der Waals surface area contributed by atoms with Crippen LogP contribution in [0.4, 0.5) is 5.69 Å². The van der Waals surface area contributed by atoms with E-state index in [1.807, 2.05) is 0 Å². The number of hydrogen-bond acceptors (Lipinski definition) is 6. The van der Waals surface area contributed by atoms with Crippen LogP contribution in [0.1, 0.15) is 23.2 Å². The van der Waals surface area contributed by atoms with E-state index in [0.29, 0.717) is 22.7 Å². The van der Waals surface area contributed by atoms with E-state index in [1.54, 1.807) is 23.6 Å². The zero-order valence-electron chi connectivity index (χ0n) is 15.1. The van der Waals surface area contributed by atoms with E-state index in [4.69, 9.17) is 11.6 Å². The van der Waals surface area contributed by atoms with Gasteiger partial charge in [-0.2, -0.15) is 4.31 Å². The summed E-state index contributed by atoms with van der Waals surface area (Å²) in [6, 6.07) is 7.86. The fraction of sp³-hybridized carbons (Fsp3) is 0.333. The average Bonchev–Trinajstić information content (AvgIpc) is 3.24. The number of hydrogen-bond donors (Lipinski definition) is 1. The number of rotatable bonds is 5. The topological polar surface area (TPSA) is 92.8 Å². The van der Waals surface area contributed by atoms with Gasteiger partial charge in [0.2, 0.25) is 5.91 Å². The molecule has 3 rings (SSSR count). The van der Waals surface area contributed by atoms with Crippen LogP contribution in [0.5, 0.6) is 0 Å². The highest BCUT2D eigenvalue weighted by Crippen LogP contribution is 2.27. The summed E-state index contributed by atoms with van der Waals surface area (Å²) < 4.78 is 31.5. The first kappa shape index (κ1) is 20.8. The lowest BCUT2D eigenvalue weighted by atomic mass is 9.97. The Morgan fingerprint density at radius 1 is 1.25 bits per heavy atom. The van der Waals surface area contributed by atoms with Crippen molar-refractivity contribution in [1.82, 2.24) is 4.31 Å². The van der Waals surface area contributed by atoms with Gasteiger partial charge < -0.3 is 10.1 Å². The van der Waals surface area contributed by atoms with Gasteiger partial charge in [0.25, 0.3) is 10.0 Å². The number of nitrogens with zero attached hydrogens (tertiary/aromatic N) is 1. The maximum Gasteiger partial charge on any atom is 0.339 e. The molecule has 0 atom stereocenters. The normalized spacial score (nSPS) is 15.9. The van der Waals surface area contributed by atoms with Crippen molar-refractivity contribution in [2.24, 2.45) is 5.92 Å². The van der Waals surface area contributed by atoms with Crippen LogP contribution in [0.2, 0.25) is 5.02 Å². The fourth-order valence-electron chi connectivity index (χ4n) is 3.01. The van der Waals surface area contributed by atoms with Crippen molar-refractivity contribution in [3.8, 4) is 0 Å². The second-order valence-electron chi connectivity index (χ2n) is 6.29. The molecule has 0 saturated carbocycles. The van der Waals surface area contributed by atoms with Crippen LogP contribution in [0, 0.1) is 5.92 Å². The summed E-state index contributed by atoms with van der Waals surface area (Å²) in [7, 11) is -2.24. The smallest absolute Gasteiger partial charge is 0.339 e. The molecule has 0 unspecified atom stereocenters. The third kappa shape index (κ3) is 4.38. The van der Waals surface area contributed by atoms with Crippen molar-refractivity contribution in [2.45, 2.75) is 17.1 Å². The Morgan fingerprint density at radius 2 is 1.96 bits per heavy atom. The monoisotopic (exact) mass is 442 g/mol. The number of benzene rings is 1. The molecule has 1 aliphatic heterocycles. The van der Waals surface area contributed by atoms with Crippen LogP contribution in [-0.4, -0.2) is 44.8 Å². The molecule has 1 saturated heterocycles. The van der Waals surface area contributed by atoms with Gasteiger partial charge in [0.1, 0.15) is 4.21 Å². The van der Waals surface area contributed by atoms with Crippen molar-refractivity contribution in [3.05, 3.63) is 46.3 Å². The number of thiophene rings is 1. The standard InChI is InChI=1S/C18H19ClN2O5S2/c1-26-18(23)14-11-13(4-5-15(14)19)20-17(22)12-6-8-21(9-7-12)28(24,25)16-3-2-10-27-16/h2-5,10-12H,6-9H2,1H3,(H,20,22). The molecule has 1 aromatic heterocycles. The second kappa shape index (κ2) is 8.60. The third-order valence-electron chi connectivity index (χ3n) is 4.55. The lowest BCUT2D eigenvalue weighted by Crippen LogP contribution is -2.41. The largest absolute Gasteiger partial charge is 0.465 e. The van der Waals surface area contributed by atoms with Gasteiger partial charge in [-0.05, 0) is 42.5 Å². The summed E-state index contributed by atoms with van der Waals surface area (Å²) in [6.45, 7) is 0.568. The number of ether oxygens (including phenoxy) is 1. The number of halogens is 1. The second-order valence-corrected chi connectivity index (χ2v) is 9.81. The first-order valence-electron chi connectivity index (χ1n) is 8.55. The molecule has 1 N–H and O–H groups in total. The Balaban J connectivity index is 1.62. The van der Waals surface area contributed by atoms with Crippen LogP contribution in [0.3, 0.4) is 0 Å². The summed E-state index contributed by atoms with van der Waals surface area (Å²) >= 11 is 7.16. The molecular formula is C18H19ClN2O5S2. The maximum absolute atomic E-state index is 12.6. The molecule has 0 spiro atoms. The molecule has 0 radical (unpaired) electrons. The van der Waals surface area contributed by atoms with Gasteiger partial charge in [0, 0.05) is 24.7 Å². The van der Waals surface area contributed by atoms with Crippen molar-refractivity contribution >= 4 is 50.5 Å². The van der Waals surface area contributed by atoms with Crippen LogP contribution in [-0.2, 0) is 19.6 Å². The molecule has 1 amide bonds. The zero-order chi connectivity index (χ0) is 20.3. The summed E-state index contributed by atoms with van der Waals surface area (Å²) in [6.07, 6.45) is 0.849. The van der Waals surface area contributed by atoms with E-state index < -0.39 is 16.0 Å². The molecule has 150 valence electrons. The maximum atomic E-state index is 12.6. The van der Waals surface area contributed by atoms with Gasteiger partial charge >= 0.3 is 5.97 Å². The minimum absolute atomic E-state index is 0.166. The summed E-state index contributed by atoms with van der Waals surface area (Å²) in [5.74, 6) is -1.12. The van der Waals surface area contributed by atoms with Crippen molar-refractivity contribution in [1.29, 1.82) is 0 Å². The highest BCUT2D eigenvalue weighted by Gasteiger charge is 2.32. The Morgan fingerprint density at radius 3 is 2.57 bits per heavy atom. The highest BCUT2D eigenvalue weighted by atomic mass is 35.5. The van der Waals surface area contributed by atoms with E-state index in [9.17, 15) is 18.0 Å². The van der Waals surface area contributed by atoms with E-state index in [2.05, 4.69) is 10.1 Å². The lowest BCUT2D eigenvalue weighted by Gasteiger charge is -2.30. The van der Waals surface area contributed by atoms with Crippen LogP contribution < -0.4 is 5.32 Å². The molecule has 7 nitrogen and oxygen atoms in total. The Hall–Kier alpha value is -1.94. The predicted molar refractivity (Wildman–Crippen MR) is 107 cm³/mol. The summed E-state index contributed by atoms with van der Waals surface area (Å²) in [5, 5.41) is 4.73. The first-order valence-corrected chi connectivity index (χ1v) is 11.2. The van der Waals surface area contributed by atoms with Crippen LogP contribution in [0.15, 0.2) is 39.9 Å². The number of nitrogens with one attached hydrogen (secondary N) is 1. The van der Waals surface area contributed by atoms with Gasteiger partial charge in [-0.25, -0.2) is 13.2 Å². The van der Waals surface area contributed by atoms with E-state index in [1.165, 1.54) is 34.9 Å². The van der Waals surface area contributed by atoms with Gasteiger partial charge in [0.05, 0.1) is 17.7 Å². The van der Waals surface area contributed by atoms with Gasteiger partial charge in [-0.3, -0.25) is 4.79 Å². The minimum atomic E-state index is -3.50. The number of carbonyl (C=O) groups excluding carboxylic acids is 2. The molecule has 2 heterocycles. The predicted octanol–water partition coefficient (Wildman–Crippen LogP) is 3.23. The van der Waals surface area contributed by atoms with Crippen LogP contribution in [0.25, 0.3) is 0 Å². The van der Waals surface area contributed by atoms with Gasteiger partial charge in [0.15, 0.2) is 0 Å². The molecule has 1 aromatic carbocycles. The molecule has 2 aromatic rings. The number of anilines is 1. The minimum Gasteiger partial charge on any atom is -0.465 e. The average molecular weight is 443 g/mol. The summed E-state index contributed by atoms with van der Waals surface area (Å²) in [4.78, 5) is 24.3. The number of sulfonamides is 1. The van der Waals surface area contributed by atoms with Crippen molar-refractivity contribution in [2.75, 3.05) is 25.5 Å². The number of piperidine rings is 1. The number of carbonyl (C=O) groups is 2. The van der Waals surface area contributed by atoms with E-state index >= 15 is 0 Å². The zero-order valence-corrected chi connectivity index (χ0v) is 17.4. The van der Waals surface area contributed by atoms with E-state index in [0.717, 1.165) is 0 Å². The van der Waals surface area contributed by atoms with Crippen molar-refractivity contribution < 1.29 is 22.7 Å². The van der Waals surface area contributed by atoms with Gasteiger partial charge in [-0.1, -0.05) is 17.7 Å². The molecule has 1 aliphatic rings. The van der Waals surface area contributed by atoms with E-state index in [-0.39, 0.29) is 35.5 Å². The van der Waals surface area contributed by atoms with Crippen molar-refractivity contribution in [3.63, 3.8) is 0 Å². The van der Waals surface area contributed by atoms with Gasteiger partial charge in [-0.15, -0.1) is 11.3 Å².